The van der Waals surface area contributed by atoms with E-state index in [1.807, 2.05) is 19.9 Å². The number of fused-ring (bicyclic) bond motifs is 1. The summed E-state index contributed by atoms with van der Waals surface area (Å²) < 4.78 is 15.3. The predicted molar refractivity (Wildman–Crippen MR) is 78.0 cm³/mol. The Morgan fingerprint density at radius 1 is 1.33 bits per heavy atom. The van der Waals surface area contributed by atoms with Crippen LogP contribution in [0, 0.1) is 11.7 Å². The van der Waals surface area contributed by atoms with Gasteiger partial charge < -0.3 is 0 Å². The van der Waals surface area contributed by atoms with E-state index < -0.39 is 5.82 Å². The van der Waals surface area contributed by atoms with Gasteiger partial charge in [0.25, 0.3) is 0 Å². The number of aromatic nitrogens is 3. The first-order valence-electron chi connectivity index (χ1n) is 6.69. The summed E-state index contributed by atoms with van der Waals surface area (Å²) in [5, 5.41) is 0.526. The van der Waals surface area contributed by atoms with Gasteiger partial charge in [0.1, 0.15) is 11.5 Å². The fourth-order valence-corrected chi connectivity index (χ4v) is 2.28. The standard InChI is InChI=1S/C16H14FN3O/c1-10(2)15(21)14-9-20(12-4-3-5-18-8-12)16-13(14)6-11(17)7-19-16/h3-10H,1-2H3. The number of halogens is 1. The summed E-state index contributed by atoms with van der Waals surface area (Å²) in [4.78, 5) is 20.5. The second-order valence-electron chi connectivity index (χ2n) is 5.17. The Morgan fingerprint density at radius 3 is 2.81 bits per heavy atom. The molecule has 106 valence electrons. The van der Waals surface area contributed by atoms with Crippen molar-refractivity contribution < 1.29 is 9.18 Å². The number of carbonyl (C=O) groups is 1. The van der Waals surface area contributed by atoms with Crippen molar-refractivity contribution in [2.45, 2.75) is 13.8 Å². The second kappa shape index (κ2) is 5.09. The number of rotatable bonds is 3. The second-order valence-corrected chi connectivity index (χ2v) is 5.17. The normalized spacial score (nSPS) is 11.2. The van der Waals surface area contributed by atoms with E-state index in [4.69, 9.17) is 0 Å². The maximum Gasteiger partial charge on any atom is 0.167 e. The quantitative estimate of drug-likeness (QED) is 0.692. The molecule has 4 nitrogen and oxygen atoms in total. The van der Waals surface area contributed by atoms with Crippen molar-refractivity contribution >= 4 is 16.8 Å². The minimum Gasteiger partial charge on any atom is -0.299 e. The highest BCUT2D eigenvalue weighted by atomic mass is 19.1. The summed E-state index contributed by atoms with van der Waals surface area (Å²) in [7, 11) is 0. The number of ketones is 1. The van der Waals surface area contributed by atoms with Crippen molar-refractivity contribution in [2.24, 2.45) is 5.92 Å². The minimum atomic E-state index is -0.454. The fraction of sp³-hybridized carbons (Fsp3) is 0.188. The van der Waals surface area contributed by atoms with Crippen molar-refractivity contribution in [1.29, 1.82) is 0 Å². The van der Waals surface area contributed by atoms with Crippen LogP contribution in [0.25, 0.3) is 16.7 Å². The van der Waals surface area contributed by atoms with Gasteiger partial charge in [-0.2, -0.15) is 0 Å². The Kier molecular flexibility index (Phi) is 3.25. The number of Topliss-reactive ketones (excluding diaryl/α,β-unsaturated/α-hetero) is 1. The average Bonchev–Trinajstić information content (AvgIpc) is 2.85. The van der Waals surface area contributed by atoms with Gasteiger partial charge in [0, 0.05) is 29.3 Å². The highest BCUT2D eigenvalue weighted by Gasteiger charge is 2.19. The molecule has 3 aromatic rings. The Bertz CT molecular complexity index is 809. The van der Waals surface area contributed by atoms with Crippen LogP contribution < -0.4 is 0 Å². The zero-order valence-corrected chi connectivity index (χ0v) is 11.7. The van der Waals surface area contributed by atoms with Crippen LogP contribution in [0.15, 0.2) is 43.0 Å². The number of pyridine rings is 2. The maximum atomic E-state index is 13.5. The summed E-state index contributed by atoms with van der Waals surface area (Å²) in [6, 6.07) is 5.01. The van der Waals surface area contributed by atoms with Crippen LogP contribution in [0.5, 0.6) is 0 Å². The number of hydrogen-bond donors (Lipinski definition) is 0. The van der Waals surface area contributed by atoms with Gasteiger partial charge in [-0.3, -0.25) is 14.3 Å². The Morgan fingerprint density at radius 2 is 2.14 bits per heavy atom. The molecule has 21 heavy (non-hydrogen) atoms. The van der Waals surface area contributed by atoms with E-state index in [0.29, 0.717) is 16.6 Å². The van der Waals surface area contributed by atoms with Crippen LogP contribution in [0.4, 0.5) is 4.39 Å². The lowest BCUT2D eigenvalue weighted by molar-refractivity contribution is 0.0941. The van der Waals surface area contributed by atoms with Gasteiger partial charge in [-0.15, -0.1) is 0 Å². The Hall–Kier alpha value is -2.56. The molecule has 0 atom stereocenters. The first-order valence-corrected chi connectivity index (χ1v) is 6.69. The molecule has 5 heteroatoms. The average molecular weight is 283 g/mol. The molecule has 0 saturated heterocycles. The van der Waals surface area contributed by atoms with Gasteiger partial charge in [-0.1, -0.05) is 13.8 Å². The van der Waals surface area contributed by atoms with Gasteiger partial charge in [-0.25, -0.2) is 9.37 Å². The summed E-state index contributed by atoms with van der Waals surface area (Å²) in [6.07, 6.45) is 6.20. The van der Waals surface area contributed by atoms with Crippen LogP contribution in [-0.2, 0) is 0 Å². The van der Waals surface area contributed by atoms with E-state index in [0.717, 1.165) is 11.9 Å². The van der Waals surface area contributed by atoms with Crippen molar-refractivity contribution in [3.63, 3.8) is 0 Å². The summed E-state index contributed by atoms with van der Waals surface area (Å²) >= 11 is 0. The Labute approximate surface area is 121 Å². The van der Waals surface area contributed by atoms with Crippen molar-refractivity contribution in [2.75, 3.05) is 0 Å². The van der Waals surface area contributed by atoms with Gasteiger partial charge in [0.05, 0.1) is 18.1 Å². The van der Waals surface area contributed by atoms with Gasteiger partial charge >= 0.3 is 0 Å². The monoisotopic (exact) mass is 283 g/mol. The molecular formula is C16H14FN3O. The van der Waals surface area contributed by atoms with Gasteiger partial charge in [0.2, 0.25) is 0 Å². The topological polar surface area (TPSA) is 47.8 Å². The van der Waals surface area contributed by atoms with Crippen molar-refractivity contribution in [3.05, 3.63) is 54.4 Å². The molecule has 0 radical (unpaired) electrons. The van der Waals surface area contributed by atoms with E-state index in [2.05, 4.69) is 9.97 Å². The highest BCUT2D eigenvalue weighted by Crippen LogP contribution is 2.25. The molecule has 0 N–H and O–H groups in total. The van der Waals surface area contributed by atoms with Crippen molar-refractivity contribution in [3.8, 4) is 5.69 Å². The summed E-state index contributed by atoms with van der Waals surface area (Å²) in [6.45, 7) is 3.64. The largest absolute Gasteiger partial charge is 0.299 e. The molecule has 0 spiro atoms. The molecule has 3 heterocycles. The molecule has 0 aliphatic carbocycles. The van der Waals surface area contributed by atoms with Gasteiger partial charge in [-0.05, 0) is 18.2 Å². The maximum absolute atomic E-state index is 13.5. The van der Waals surface area contributed by atoms with Crippen molar-refractivity contribution in [1.82, 2.24) is 14.5 Å². The highest BCUT2D eigenvalue weighted by molar-refractivity contribution is 6.08. The van der Waals surface area contributed by atoms with E-state index >= 15 is 0 Å². The molecular weight excluding hydrogens is 269 g/mol. The lowest BCUT2D eigenvalue weighted by Crippen LogP contribution is -2.06. The van der Waals surface area contributed by atoms with Gasteiger partial charge in [0.15, 0.2) is 5.78 Å². The van der Waals surface area contributed by atoms with Crippen LogP contribution in [0.3, 0.4) is 0 Å². The smallest absolute Gasteiger partial charge is 0.167 e. The molecule has 0 aliphatic heterocycles. The lowest BCUT2D eigenvalue weighted by Gasteiger charge is -2.02. The summed E-state index contributed by atoms with van der Waals surface area (Å²) in [5.41, 5.74) is 1.81. The molecule has 0 amide bonds. The molecule has 0 aromatic carbocycles. The zero-order chi connectivity index (χ0) is 15.0. The predicted octanol–water partition coefficient (Wildman–Crippen LogP) is 3.40. The third-order valence-corrected chi connectivity index (χ3v) is 3.32. The molecule has 0 saturated carbocycles. The number of nitrogens with zero attached hydrogens (tertiary/aromatic N) is 3. The zero-order valence-electron chi connectivity index (χ0n) is 11.7. The fourth-order valence-electron chi connectivity index (χ4n) is 2.28. The number of hydrogen-bond acceptors (Lipinski definition) is 3. The first-order chi connectivity index (χ1) is 10.1. The Balaban J connectivity index is 2.30. The van der Waals surface area contributed by atoms with E-state index in [9.17, 15) is 9.18 Å². The van der Waals surface area contributed by atoms with Crippen LogP contribution >= 0.6 is 0 Å². The van der Waals surface area contributed by atoms with E-state index in [1.165, 1.54) is 6.07 Å². The molecule has 0 aliphatic rings. The molecule has 0 bridgehead atoms. The van der Waals surface area contributed by atoms with Crippen LogP contribution in [0.2, 0.25) is 0 Å². The minimum absolute atomic E-state index is 0.0324. The van der Waals surface area contributed by atoms with Crippen LogP contribution in [-0.4, -0.2) is 20.3 Å². The third-order valence-electron chi connectivity index (χ3n) is 3.32. The lowest BCUT2D eigenvalue weighted by atomic mass is 10.0. The molecule has 0 fully saturated rings. The van der Waals surface area contributed by atoms with Crippen LogP contribution in [0.1, 0.15) is 24.2 Å². The SMILES string of the molecule is CC(C)C(=O)c1cn(-c2cccnc2)c2ncc(F)cc12. The molecule has 3 rings (SSSR count). The van der Waals surface area contributed by atoms with E-state index in [-0.39, 0.29) is 11.7 Å². The van der Waals surface area contributed by atoms with E-state index in [1.54, 1.807) is 29.2 Å². The summed E-state index contributed by atoms with van der Waals surface area (Å²) in [5.74, 6) is -0.652. The third kappa shape index (κ3) is 2.31. The number of carbonyl (C=O) groups excluding carboxylic acids is 1. The molecule has 3 aromatic heterocycles. The first kappa shape index (κ1) is 13.4. The molecule has 0 unspecified atom stereocenters.